The van der Waals surface area contributed by atoms with Crippen LogP contribution in [0, 0.1) is 13.8 Å². The smallest absolute Gasteiger partial charge is 0.267 e. The van der Waals surface area contributed by atoms with E-state index >= 15 is 0 Å². The summed E-state index contributed by atoms with van der Waals surface area (Å²) >= 11 is 1.39. The van der Waals surface area contributed by atoms with Crippen LogP contribution in [0.15, 0.2) is 59.4 Å². The number of carbonyl (C=O) groups excluding carboxylic acids is 1. The van der Waals surface area contributed by atoms with E-state index < -0.39 is 0 Å². The predicted octanol–water partition coefficient (Wildman–Crippen LogP) is 3.78. The van der Waals surface area contributed by atoms with Crippen LogP contribution in [-0.4, -0.2) is 20.7 Å². The maximum Gasteiger partial charge on any atom is 0.267 e. The molecule has 2 aromatic carbocycles. The molecule has 0 aliphatic heterocycles. The number of amides is 1. The Morgan fingerprint density at radius 2 is 1.89 bits per heavy atom. The van der Waals surface area contributed by atoms with E-state index in [1.165, 1.54) is 27.6 Å². The van der Waals surface area contributed by atoms with Gasteiger partial charge in [-0.15, -0.1) is 0 Å². The molecule has 0 aliphatic rings. The first-order valence-corrected chi connectivity index (χ1v) is 9.62. The summed E-state index contributed by atoms with van der Waals surface area (Å²) < 4.78 is 2.16. The van der Waals surface area contributed by atoms with Gasteiger partial charge in [-0.25, -0.2) is 9.67 Å². The van der Waals surface area contributed by atoms with Gasteiger partial charge >= 0.3 is 0 Å². The van der Waals surface area contributed by atoms with Crippen molar-refractivity contribution in [2.24, 2.45) is 0 Å². The molecule has 1 N–H and O–H groups in total. The molecule has 0 spiro atoms. The number of thiazole rings is 1. The standard InChI is InChI=1S/C21H18N4O2S/c1-13-7-8-15(11-14(13)2)16-9-10-20(27)25(24-16)12-19(26)23-21-22-17-5-3-4-6-18(17)28-21/h3-11H,12H2,1-2H3,(H,22,23,26). The average molecular weight is 390 g/mol. The van der Waals surface area contributed by atoms with Crippen molar-refractivity contribution in [2.45, 2.75) is 20.4 Å². The SMILES string of the molecule is Cc1ccc(-c2ccc(=O)n(CC(=O)Nc3nc4ccccc4s3)n2)cc1C. The summed E-state index contributed by atoms with van der Waals surface area (Å²) in [5.74, 6) is -0.342. The summed E-state index contributed by atoms with van der Waals surface area (Å²) in [6.07, 6.45) is 0. The molecule has 0 radical (unpaired) electrons. The number of carbonyl (C=O) groups is 1. The number of anilines is 1. The van der Waals surface area contributed by atoms with Gasteiger partial charge in [0.2, 0.25) is 5.91 Å². The third-order valence-corrected chi connectivity index (χ3v) is 5.45. The zero-order chi connectivity index (χ0) is 19.7. The summed E-state index contributed by atoms with van der Waals surface area (Å²) in [4.78, 5) is 29.0. The van der Waals surface area contributed by atoms with Gasteiger partial charge in [0.1, 0.15) is 6.54 Å². The van der Waals surface area contributed by atoms with Crippen LogP contribution in [0.2, 0.25) is 0 Å². The van der Waals surface area contributed by atoms with Crippen molar-refractivity contribution in [3.63, 3.8) is 0 Å². The molecule has 0 saturated carbocycles. The normalized spacial score (nSPS) is 10.9. The van der Waals surface area contributed by atoms with E-state index in [-0.39, 0.29) is 18.0 Å². The largest absolute Gasteiger partial charge is 0.300 e. The van der Waals surface area contributed by atoms with Crippen molar-refractivity contribution >= 4 is 32.6 Å². The van der Waals surface area contributed by atoms with Crippen LogP contribution in [0.25, 0.3) is 21.5 Å². The maximum atomic E-state index is 12.4. The molecule has 0 atom stereocenters. The third-order valence-electron chi connectivity index (χ3n) is 4.50. The lowest BCUT2D eigenvalue weighted by atomic mass is 10.0. The van der Waals surface area contributed by atoms with Gasteiger partial charge in [-0.05, 0) is 49.2 Å². The molecule has 0 bridgehead atoms. The summed E-state index contributed by atoms with van der Waals surface area (Å²) in [5.41, 5.74) is 4.39. The van der Waals surface area contributed by atoms with Crippen LogP contribution >= 0.6 is 11.3 Å². The minimum absolute atomic E-state index is 0.173. The lowest BCUT2D eigenvalue weighted by Crippen LogP contribution is -2.29. The maximum absolute atomic E-state index is 12.4. The van der Waals surface area contributed by atoms with Crippen molar-refractivity contribution in [2.75, 3.05) is 5.32 Å². The van der Waals surface area contributed by atoms with Crippen LogP contribution in [0.5, 0.6) is 0 Å². The number of nitrogens with one attached hydrogen (secondary N) is 1. The van der Waals surface area contributed by atoms with Gasteiger partial charge in [-0.2, -0.15) is 5.10 Å². The Morgan fingerprint density at radius 3 is 2.68 bits per heavy atom. The highest BCUT2D eigenvalue weighted by Gasteiger charge is 2.11. The molecule has 140 valence electrons. The molecule has 4 rings (SSSR count). The summed E-state index contributed by atoms with van der Waals surface area (Å²) in [7, 11) is 0. The Kier molecular flexibility index (Phi) is 4.75. The number of rotatable bonds is 4. The molecule has 1 amide bonds. The van der Waals surface area contributed by atoms with Crippen molar-refractivity contribution in [3.05, 3.63) is 76.1 Å². The zero-order valence-electron chi connectivity index (χ0n) is 15.5. The topological polar surface area (TPSA) is 76.9 Å². The van der Waals surface area contributed by atoms with Crippen molar-refractivity contribution in [1.29, 1.82) is 0 Å². The molecule has 2 heterocycles. The highest BCUT2D eigenvalue weighted by molar-refractivity contribution is 7.22. The fourth-order valence-corrected chi connectivity index (χ4v) is 3.72. The number of aryl methyl sites for hydroxylation is 2. The molecule has 2 aromatic heterocycles. The van der Waals surface area contributed by atoms with Gasteiger partial charge in [-0.1, -0.05) is 35.6 Å². The molecule has 7 heteroatoms. The number of aromatic nitrogens is 3. The Balaban J connectivity index is 1.55. The van der Waals surface area contributed by atoms with E-state index in [2.05, 4.69) is 15.4 Å². The average Bonchev–Trinajstić information content (AvgIpc) is 3.08. The molecule has 0 unspecified atom stereocenters. The zero-order valence-corrected chi connectivity index (χ0v) is 16.3. The van der Waals surface area contributed by atoms with Crippen LogP contribution in [0.1, 0.15) is 11.1 Å². The number of hydrogen-bond donors (Lipinski definition) is 1. The Morgan fingerprint density at radius 1 is 1.07 bits per heavy atom. The van der Waals surface area contributed by atoms with E-state index in [4.69, 9.17) is 0 Å². The second-order valence-electron chi connectivity index (χ2n) is 6.55. The number of nitrogens with zero attached hydrogens (tertiary/aromatic N) is 3. The van der Waals surface area contributed by atoms with Crippen molar-refractivity contribution < 1.29 is 4.79 Å². The fraction of sp³-hybridized carbons (Fsp3) is 0.143. The van der Waals surface area contributed by atoms with Gasteiger partial charge < -0.3 is 5.32 Å². The highest BCUT2D eigenvalue weighted by Crippen LogP contribution is 2.25. The third kappa shape index (κ3) is 3.70. The van der Waals surface area contributed by atoms with Gasteiger partial charge in [-0.3, -0.25) is 9.59 Å². The number of para-hydroxylation sites is 1. The minimum Gasteiger partial charge on any atom is -0.300 e. The van der Waals surface area contributed by atoms with Gasteiger partial charge in [0, 0.05) is 11.6 Å². The quantitative estimate of drug-likeness (QED) is 0.575. The molecular formula is C21H18N4O2S. The lowest BCUT2D eigenvalue weighted by molar-refractivity contribution is -0.117. The summed E-state index contributed by atoms with van der Waals surface area (Å²) in [6, 6.07) is 16.8. The van der Waals surface area contributed by atoms with Gasteiger partial charge in [0.25, 0.3) is 5.56 Å². The number of benzene rings is 2. The van der Waals surface area contributed by atoms with Crippen LogP contribution in [0.3, 0.4) is 0 Å². The first kappa shape index (κ1) is 18.1. The molecule has 4 aromatic rings. The van der Waals surface area contributed by atoms with E-state index in [9.17, 15) is 9.59 Å². The van der Waals surface area contributed by atoms with E-state index in [0.717, 1.165) is 21.3 Å². The molecule has 0 fully saturated rings. The second-order valence-corrected chi connectivity index (χ2v) is 7.58. The minimum atomic E-state index is -0.342. The van der Waals surface area contributed by atoms with Gasteiger partial charge in [0.05, 0.1) is 15.9 Å². The second kappa shape index (κ2) is 7.36. The molecule has 6 nitrogen and oxygen atoms in total. The van der Waals surface area contributed by atoms with E-state index in [1.54, 1.807) is 6.07 Å². The lowest BCUT2D eigenvalue weighted by Gasteiger charge is -2.08. The van der Waals surface area contributed by atoms with E-state index in [1.807, 2.05) is 56.3 Å². The molecule has 0 saturated heterocycles. The summed E-state index contributed by atoms with van der Waals surface area (Å²) in [5, 5.41) is 7.62. The van der Waals surface area contributed by atoms with Gasteiger partial charge in [0.15, 0.2) is 5.13 Å². The number of fused-ring (bicyclic) bond motifs is 1. The summed E-state index contributed by atoms with van der Waals surface area (Å²) in [6.45, 7) is 3.90. The van der Waals surface area contributed by atoms with E-state index in [0.29, 0.717) is 10.8 Å². The first-order chi connectivity index (χ1) is 13.5. The molecule has 28 heavy (non-hydrogen) atoms. The Hall–Kier alpha value is -3.32. The monoisotopic (exact) mass is 390 g/mol. The predicted molar refractivity (Wildman–Crippen MR) is 112 cm³/mol. The van der Waals surface area contributed by atoms with Crippen LogP contribution < -0.4 is 10.9 Å². The van der Waals surface area contributed by atoms with Crippen LogP contribution in [-0.2, 0) is 11.3 Å². The highest BCUT2D eigenvalue weighted by atomic mass is 32.1. The Labute approximate surface area is 165 Å². The first-order valence-electron chi connectivity index (χ1n) is 8.81. The van der Waals surface area contributed by atoms with Crippen molar-refractivity contribution in [3.8, 4) is 11.3 Å². The fourth-order valence-electron chi connectivity index (χ4n) is 2.84. The number of hydrogen-bond acceptors (Lipinski definition) is 5. The molecule has 0 aliphatic carbocycles. The van der Waals surface area contributed by atoms with Crippen molar-refractivity contribution in [1.82, 2.24) is 14.8 Å². The molecular weight excluding hydrogens is 372 g/mol. The Bertz CT molecular complexity index is 1210. The van der Waals surface area contributed by atoms with Crippen LogP contribution in [0.4, 0.5) is 5.13 Å².